The maximum Gasteiger partial charge on any atom is 0.411 e. The summed E-state index contributed by atoms with van der Waals surface area (Å²) in [5, 5.41) is 4.49. The molecule has 0 unspecified atom stereocenters. The van der Waals surface area contributed by atoms with Crippen LogP contribution in [0.15, 0.2) is 0 Å². The van der Waals surface area contributed by atoms with E-state index < -0.39 is 23.5 Å². The number of rotatable bonds is 4. The minimum Gasteiger partial charge on any atom is -0.397 e. The van der Waals surface area contributed by atoms with Crippen LogP contribution in [0.5, 0.6) is 0 Å². The molecule has 21 heavy (non-hydrogen) atoms. The number of nitrogens with two attached hydrogens (primary N) is 2. The van der Waals surface area contributed by atoms with Gasteiger partial charge in [0.2, 0.25) is 0 Å². The van der Waals surface area contributed by atoms with E-state index in [-0.39, 0.29) is 34.0 Å². The zero-order valence-electron chi connectivity index (χ0n) is 10.9. The summed E-state index contributed by atoms with van der Waals surface area (Å²) < 4.78 is 38.9. The number of carbonyl (C=O) groups excluding carboxylic acids is 2. The standard InChI is InChI=1S/C11H13F3N4O2S/c1-17-8(20)4-5(15)6(7(16)19)21-9(4)18-10(2-3-10)11(12,13)14/h18H,2-3,15H2,1H3,(H2,16,19)(H,17,20). The molecule has 1 saturated carbocycles. The lowest BCUT2D eigenvalue weighted by atomic mass is 10.2. The van der Waals surface area contributed by atoms with Crippen molar-refractivity contribution in [1.82, 2.24) is 5.32 Å². The number of primary amides is 1. The third kappa shape index (κ3) is 2.50. The predicted octanol–water partition coefficient (Wildman–Crippen LogP) is 1.30. The van der Waals surface area contributed by atoms with E-state index in [1.807, 2.05) is 0 Å². The summed E-state index contributed by atoms with van der Waals surface area (Å²) in [6.07, 6.45) is -4.67. The van der Waals surface area contributed by atoms with Crippen LogP contribution in [0.25, 0.3) is 0 Å². The highest BCUT2D eigenvalue weighted by molar-refractivity contribution is 7.19. The molecule has 2 rings (SSSR count). The second-order valence-electron chi connectivity index (χ2n) is 4.70. The van der Waals surface area contributed by atoms with Crippen molar-refractivity contribution in [1.29, 1.82) is 0 Å². The van der Waals surface area contributed by atoms with Gasteiger partial charge in [-0.2, -0.15) is 13.2 Å². The van der Waals surface area contributed by atoms with Gasteiger partial charge in [0.25, 0.3) is 11.8 Å². The predicted molar refractivity (Wildman–Crippen MR) is 72.3 cm³/mol. The lowest BCUT2D eigenvalue weighted by Crippen LogP contribution is -2.39. The van der Waals surface area contributed by atoms with E-state index in [9.17, 15) is 22.8 Å². The highest BCUT2D eigenvalue weighted by Gasteiger charge is 2.64. The fraction of sp³-hybridized carbons (Fsp3) is 0.455. The van der Waals surface area contributed by atoms with Gasteiger partial charge >= 0.3 is 6.18 Å². The van der Waals surface area contributed by atoms with Crippen molar-refractivity contribution in [2.75, 3.05) is 18.1 Å². The largest absolute Gasteiger partial charge is 0.411 e. The Morgan fingerprint density at radius 3 is 2.29 bits per heavy atom. The van der Waals surface area contributed by atoms with Crippen molar-refractivity contribution in [2.24, 2.45) is 5.73 Å². The van der Waals surface area contributed by atoms with Crippen LogP contribution in [0.3, 0.4) is 0 Å². The Balaban J connectivity index is 2.46. The van der Waals surface area contributed by atoms with Gasteiger partial charge in [-0.25, -0.2) is 0 Å². The third-order valence-corrected chi connectivity index (χ3v) is 4.40. The van der Waals surface area contributed by atoms with Gasteiger partial charge in [0.1, 0.15) is 15.4 Å². The molecule has 6 N–H and O–H groups in total. The Morgan fingerprint density at radius 1 is 1.33 bits per heavy atom. The first-order chi connectivity index (χ1) is 9.63. The summed E-state index contributed by atoms with van der Waals surface area (Å²) in [6, 6.07) is 0. The minimum atomic E-state index is -4.46. The van der Waals surface area contributed by atoms with Gasteiger partial charge in [-0.1, -0.05) is 0 Å². The van der Waals surface area contributed by atoms with Crippen molar-refractivity contribution < 1.29 is 22.8 Å². The van der Waals surface area contributed by atoms with Crippen LogP contribution in [0.1, 0.15) is 32.9 Å². The monoisotopic (exact) mass is 322 g/mol. The lowest BCUT2D eigenvalue weighted by molar-refractivity contribution is -0.151. The molecule has 1 aliphatic carbocycles. The van der Waals surface area contributed by atoms with E-state index in [0.717, 1.165) is 0 Å². The number of carbonyl (C=O) groups is 2. The highest BCUT2D eigenvalue weighted by atomic mass is 32.1. The Bertz CT molecular complexity index is 607. The average molecular weight is 322 g/mol. The van der Waals surface area contributed by atoms with Crippen molar-refractivity contribution in [3.05, 3.63) is 10.4 Å². The van der Waals surface area contributed by atoms with Crippen molar-refractivity contribution in [2.45, 2.75) is 24.6 Å². The Morgan fingerprint density at radius 2 is 1.90 bits per heavy atom. The van der Waals surface area contributed by atoms with Gasteiger partial charge in [0.05, 0.1) is 11.3 Å². The first-order valence-corrected chi connectivity index (χ1v) is 6.73. The van der Waals surface area contributed by atoms with Crippen molar-refractivity contribution in [3.8, 4) is 0 Å². The van der Waals surface area contributed by atoms with Crippen molar-refractivity contribution in [3.63, 3.8) is 0 Å². The zero-order chi connectivity index (χ0) is 16.0. The molecule has 0 saturated heterocycles. The molecule has 116 valence electrons. The number of nitrogen functional groups attached to an aromatic ring is 1. The topological polar surface area (TPSA) is 110 Å². The van der Waals surface area contributed by atoms with Crippen LogP contribution >= 0.6 is 11.3 Å². The lowest BCUT2D eigenvalue weighted by Gasteiger charge is -2.21. The van der Waals surface area contributed by atoms with Crippen LogP contribution in [0.4, 0.5) is 23.9 Å². The van der Waals surface area contributed by atoms with Gasteiger partial charge < -0.3 is 22.1 Å². The molecular weight excluding hydrogens is 309 g/mol. The van der Waals surface area contributed by atoms with Gasteiger partial charge in [0.15, 0.2) is 0 Å². The second-order valence-corrected chi connectivity index (χ2v) is 5.72. The zero-order valence-corrected chi connectivity index (χ0v) is 11.7. The number of hydrogen-bond acceptors (Lipinski definition) is 5. The van der Waals surface area contributed by atoms with Crippen LogP contribution in [-0.4, -0.2) is 30.6 Å². The molecule has 0 spiro atoms. The number of anilines is 2. The Kier molecular flexibility index (Phi) is 3.52. The normalized spacial score (nSPS) is 16.4. The summed E-state index contributed by atoms with van der Waals surface area (Å²) in [7, 11) is 1.31. The summed E-state index contributed by atoms with van der Waals surface area (Å²) in [5.41, 5.74) is 8.30. The quantitative estimate of drug-likeness (QED) is 0.669. The summed E-state index contributed by atoms with van der Waals surface area (Å²) >= 11 is 0.649. The van der Waals surface area contributed by atoms with Gasteiger partial charge in [0, 0.05) is 7.05 Å². The van der Waals surface area contributed by atoms with E-state index in [0.29, 0.717) is 11.3 Å². The highest BCUT2D eigenvalue weighted by Crippen LogP contribution is 2.53. The average Bonchev–Trinajstić information content (AvgIpc) is 3.08. The minimum absolute atomic E-state index is 0.101. The van der Waals surface area contributed by atoms with Crippen LogP contribution in [0, 0.1) is 0 Å². The van der Waals surface area contributed by atoms with Crippen molar-refractivity contribution >= 4 is 33.8 Å². The van der Waals surface area contributed by atoms with Gasteiger partial charge in [-0.3, -0.25) is 9.59 Å². The molecule has 1 aromatic heterocycles. The molecule has 1 aliphatic rings. The number of halogens is 3. The molecule has 0 aliphatic heterocycles. The smallest absolute Gasteiger partial charge is 0.397 e. The fourth-order valence-corrected chi connectivity index (χ4v) is 2.95. The molecule has 1 heterocycles. The van der Waals surface area contributed by atoms with E-state index in [2.05, 4.69) is 10.6 Å². The Labute approximate surface area is 121 Å². The second kappa shape index (κ2) is 4.79. The van der Waals surface area contributed by atoms with Gasteiger partial charge in [-0.05, 0) is 12.8 Å². The van der Waals surface area contributed by atoms with E-state index in [1.54, 1.807) is 0 Å². The molecule has 0 bridgehead atoms. The van der Waals surface area contributed by atoms with E-state index in [1.165, 1.54) is 7.05 Å². The van der Waals surface area contributed by atoms with Crippen LogP contribution in [-0.2, 0) is 0 Å². The molecule has 0 radical (unpaired) electrons. The number of amides is 2. The molecule has 2 amide bonds. The number of thiophene rings is 1. The molecule has 0 atom stereocenters. The van der Waals surface area contributed by atoms with Crippen LogP contribution < -0.4 is 22.1 Å². The number of hydrogen-bond donors (Lipinski definition) is 4. The summed E-state index contributed by atoms with van der Waals surface area (Å²) in [5.74, 6) is -1.58. The maximum absolute atomic E-state index is 13.0. The Hall–Kier alpha value is -1.97. The molecule has 1 aromatic rings. The first-order valence-electron chi connectivity index (χ1n) is 5.92. The summed E-state index contributed by atoms with van der Waals surface area (Å²) in [4.78, 5) is 22.9. The molecule has 1 fully saturated rings. The maximum atomic E-state index is 13.0. The van der Waals surface area contributed by atoms with Crippen LogP contribution in [0.2, 0.25) is 0 Å². The van der Waals surface area contributed by atoms with E-state index >= 15 is 0 Å². The number of alkyl halides is 3. The third-order valence-electron chi connectivity index (χ3n) is 3.27. The SMILES string of the molecule is CNC(=O)c1c(NC2(C(F)(F)F)CC2)sc(C(N)=O)c1N. The first kappa shape index (κ1) is 15.4. The molecular formula is C11H13F3N4O2S. The van der Waals surface area contributed by atoms with E-state index in [4.69, 9.17) is 11.5 Å². The summed E-state index contributed by atoms with van der Waals surface area (Å²) in [6.45, 7) is 0. The molecule has 0 aromatic carbocycles. The van der Waals surface area contributed by atoms with Gasteiger partial charge in [-0.15, -0.1) is 11.3 Å². The molecule has 10 heteroatoms. The number of nitrogens with one attached hydrogen (secondary N) is 2. The molecule has 6 nitrogen and oxygen atoms in total. The fourth-order valence-electron chi connectivity index (χ4n) is 1.89.